The van der Waals surface area contributed by atoms with Gasteiger partial charge in [0.25, 0.3) is 0 Å². The van der Waals surface area contributed by atoms with Crippen molar-refractivity contribution >= 4 is 22.1 Å². The minimum absolute atomic E-state index is 0.165. The summed E-state index contributed by atoms with van der Waals surface area (Å²) in [5.74, 6) is 0.685. The molecule has 3 aliphatic rings. The van der Waals surface area contributed by atoms with Crippen LogP contribution >= 0.6 is 0 Å². The number of rotatable bonds is 14. The van der Waals surface area contributed by atoms with Gasteiger partial charge >= 0.3 is 5.97 Å². The van der Waals surface area contributed by atoms with Crippen LogP contribution < -0.4 is 4.74 Å². The van der Waals surface area contributed by atoms with E-state index < -0.39 is 16.1 Å². The number of carbonyl (C=O) groups is 1. The SMILES string of the molecule is CCCC12CCC(OC(=O)c3ccc(OCCCCCC[Si](C)(C)C[Si](C)(C)C)cc3)(CC1)CC2. The average molecular weight is 517 g/mol. The van der Waals surface area contributed by atoms with E-state index in [1.54, 1.807) is 5.67 Å². The Hall–Kier alpha value is -1.08. The van der Waals surface area contributed by atoms with Gasteiger partial charge in [-0.3, -0.25) is 0 Å². The van der Waals surface area contributed by atoms with E-state index in [1.165, 1.54) is 57.4 Å². The summed E-state index contributed by atoms with van der Waals surface area (Å²) in [7, 11) is -1.94. The number of esters is 1. The lowest BCUT2D eigenvalue weighted by Crippen LogP contribution is -2.48. The lowest BCUT2D eigenvalue weighted by molar-refractivity contribution is -0.106. The molecule has 4 rings (SSSR count). The Morgan fingerprint density at radius 3 is 2.03 bits per heavy atom. The first-order valence-corrected chi connectivity index (χ1v) is 21.5. The Morgan fingerprint density at radius 2 is 1.46 bits per heavy atom. The number of ether oxygens (including phenoxy) is 2. The smallest absolute Gasteiger partial charge is 0.338 e. The van der Waals surface area contributed by atoms with Crippen LogP contribution in [-0.4, -0.2) is 34.3 Å². The summed E-state index contributed by atoms with van der Waals surface area (Å²) in [4.78, 5) is 12.9. The molecule has 2 bridgehead atoms. The summed E-state index contributed by atoms with van der Waals surface area (Å²) in [6.45, 7) is 15.7. The number of fused-ring (bicyclic) bond motifs is 3. The van der Waals surface area contributed by atoms with Crippen molar-refractivity contribution in [2.24, 2.45) is 5.41 Å². The highest BCUT2D eigenvalue weighted by atomic mass is 28.4. The first-order valence-electron chi connectivity index (χ1n) is 14.4. The largest absolute Gasteiger partial charge is 0.494 e. The zero-order chi connectivity index (χ0) is 25.6. The van der Waals surface area contributed by atoms with E-state index in [-0.39, 0.29) is 11.6 Å². The van der Waals surface area contributed by atoms with Crippen LogP contribution in [-0.2, 0) is 4.74 Å². The molecule has 0 radical (unpaired) electrons. The van der Waals surface area contributed by atoms with Crippen molar-refractivity contribution in [1.82, 2.24) is 0 Å². The molecule has 0 atom stereocenters. The quantitative estimate of drug-likeness (QED) is 0.140. The fourth-order valence-corrected chi connectivity index (χ4v) is 20.4. The fraction of sp³-hybridized carbons (Fsp3) is 0.767. The standard InChI is InChI=1S/C30H52O3Si2/c1-7-16-29-17-20-30(21-18-29,22-19-29)33-28(31)26-12-14-27(15-13-26)32-23-10-8-9-11-24-35(5,6)25-34(2,3)4/h12-15H,7-11,16-25H2,1-6H3. The normalized spacial score (nSPS) is 24.4. The van der Waals surface area contributed by atoms with Gasteiger partial charge in [0.2, 0.25) is 0 Å². The van der Waals surface area contributed by atoms with Gasteiger partial charge in [-0.25, -0.2) is 4.79 Å². The summed E-state index contributed by atoms with van der Waals surface area (Å²) in [6, 6.07) is 9.05. The van der Waals surface area contributed by atoms with Gasteiger partial charge in [0.1, 0.15) is 11.4 Å². The maximum atomic E-state index is 12.9. The maximum absolute atomic E-state index is 12.9. The molecular formula is C30H52O3Si2. The summed E-state index contributed by atoms with van der Waals surface area (Å²) in [5.41, 5.74) is 2.52. The van der Waals surface area contributed by atoms with Crippen molar-refractivity contribution < 1.29 is 14.3 Å². The molecule has 1 aromatic carbocycles. The van der Waals surface area contributed by atoms with Gasteiger partial charge in [0.05, 0.1) is 12.2 Å². The van der Waals surface area contributed by atoms with Gasteiger partial charge in [0.15, 0.2) is 0 Å². The van der Waals surface area contributed by atoms with Crippen molar-refractivity contribution in [1.29, 1.82) is 0 Å². The summed E-state index contributed by atoms with van der Waals surface area (Å²) in [6.07, 6.45) is 14.4. The first kappa shape index (κ1) is 28.5. The molecule has 0 aromatic heterocycles. The van der Waals surface area contributed by atoms with E-state index in [1.807, 2.05) is 24.3 Å². The number of unbranched alkanes of at least 4 members (excludes halogenated alkanes) is 3. The molecular weight excluding hydrogens is 464 g/mol. The molecule has 3 saturated carbocycles. The van der Waals surface area contributed by atoms with Crippen LogP contribution in [0, 0.1) is 5.41 Å². The number of hydrogen-bond donors (Lipinski definition) is 0. The maximum Gasteiger partial charge on any atom is 0.338 e. The van der Waals surface area contributed by atoms with E-state index in [0.717, 1.165) is 38.0 Å². The molecule has 3 aliphatic carbocycles. The minimum atomic E-state index is -1.01. The van der Waals surface area contributed by atoms with Crippen LogP contribution in [0.2, 0.25) is 44.4 Å². The van der Waals surface area contributed by atoms with Gasteiger partial charge in [-0.1, -0.05) is 77.1 Å². The molecule has 1 aromatic rings. The Labute approximate surface area is 217 Å². The third-order valence-corrected chi connectivity index (χ3v) is 18.3. The van der Waals surface area contributed by atoms with E-state index in [9.17, 15) is 4.79 Å². The lowest BCUT2D eigenvalue weighted by atomic mass is 9.57. The van der Waals surface area contributed by atoms with Crippen molar-refractivity contribution in [2.75, 3.05) is 6.61 Å². The van der Waals surface area contributed by atoms with Crippen LogP contribution in [0.1, 0.15) is 94.3 Å². The zero-order valence-corrected chi connectivity index (χ0v) is 25.6. The molecule has 0 heterocycles. The summed E-state index contributed by atoms with van der Waals surface area (Å²) in [5, 5.41) is 0. The highest BCUT2D eigenvalue weighted by Crippen LogP contribution is 2.56. The number of carbonyl (C=O) groups excluding carboxylic acids is 1. The second kappa shape index (κ2) is 12.0. The molecule has 198 valence electrons. The summed E-state index contributed by atoms with van der Waals surface area (Å²) < 4.78 is 12.1. The van der Waals surface area contributed by atoms with E-state index in [2.05, 4.69) is 39.7 Å². The molecule has 0 amide bonds. The van der Waals surface area contributed by atoms with Crippen molar-refractivity contribution in [3.8, 4) is 5.75 Å². The van der Waals surface area contributed by atoms with Crippen molar-refractivity contribution in [3.63, 3.8) is 0 Å². The average Bonchev–Trinajstić information content (AvgIpc) is 2.78. The van der Waals surface area contributed by atoms with Crippen LogP contribution in [0.5, 0.6) is 5.75 Å². The fourth-order valence-electron chi connectivity index (χ4n) is 7.00. The predicted octanol–water partition coefficient (Wildman–Crippen LogP) is 9.26. The predicted molar refractivity (Wildman–Crippen MR) is 154 cm³/mol. The first-order chi connectivity index (χ1) is 16.5. The van der Waals surface area contributed by atoms with Gasteiger partial charge in [-0.2, -0.15) is 0 Å². The monoisotopic (exact) mass is 516 g/mol. The highest BCUT2D eigenvalue weighted by Gasteiger charge is 2.50. The molecule has 0 N–H and O–H groups in total. The topological polar surface area (TPSA) is 35.5 Å². The van der Waals surface area contributed by atoms with Crippen molar-refractivity contribution in [2.45, 2.75) is 134 Å². The van der Waals surface area contributed by atoms with E-state index in [4.69, 9.17) is 9.47 Å². The molecule has 0 unspecified atom stereocenters. The van der Waals surface area contributed by atoms with Crippen LogP contribution in [0.25, 0.3) is 0 Å². The molecule has 5 heteroatoms. The molecule has 3 nitrogen and oxygen atoms in total. The lowest BCUT2D eigenvalue weighted by Gasteiger charge is -2.52. The molecule has 35 heavy (non-hydrogen) atoms. The molecule has 3 fully saturated rings. The van der Waals surface area contributed by atoms with Crippen LogP contribution in [0.4, 0.5) is 0 Å². The molecule has 0 aliphatic heterocycles. The Balaban J connectivity index is 1.33. The van der Waals surface area contributed by atoms with E-state index in [0.29, 0.717) is 11.0 Å². The third kappa shape index (κ3) is 8.77. The minimum Gasteiger partial charge on any atom is -0.494 e. The second-order valence-corrected chi connectivity index (χ2v) is 25.1. The molecule has 0 saturated heterocycles. The van der Waals surface area contributed by atoms with Crippen molar-refractivity contribution in [3.05, 3.63) is 29.8 Å². The summed E-state index contributed by atoms with van der Waals surface area (Å²) >= 11 is 0. The number of benzene rings is 1. The van der Waals surface area contributed by atoms with Gasteiger partial charge in [0, 0.05) is 16.1 Å². The second-order valence-electron chi connectivity index (χ2n) is 13.8. The zero-order valence-electron chi connectivity index (χ0n) is 23.6. The molecule has 0 spiro atoms. The Kier molecular flexibility index (Phi) is 9.75. The van der Waals surface area contributed by atoms with Crippen LogP contribution in [0.15, 0.2) is 24.3 Å². The van der Waals surface area contributed by atoms with Gasteiger partial charge in [-0.05, 0) is 81.0 Å². The number of hydrogen-bond acceptors (Lipinski definition) is 3. The Bertz CT molecular complexity index is 785. The third-order valence-electron chi connectivity index (χ3n) is 8.54. The van der Waals surface area contributed by atoms with Crippen LogP contribution in [0.3, 0.4) is 0 Å². The van der Waals surface area contributed by atoms with E-state index >= 15 is 0 Å². The highest BCUT2D eigenvalue weighted by molar-refractivity contribution is 6.94. The van der Waals surface area contributed by atoms with Gasteiger partial charge in [-0.15, -0.1) is 0 Å². The Morgan fingerprint density at radius 1 is 0.857 bits per heavy atom. The van der Waals surface area contributed by atoms with Gasteiger partial charge < -0.3 is 9.47 Å².